The molecule has 0 aromatic carbocycles. The van der Waals surface area contributed by atoms with Gasteiger partial charge in [0.1, 0.15) is 0 Å². The molecule has 0 radical (unpaired) electrons. The van der Waals surface area contributed by atoms with E-state index in [4.69, 9.17) is 4.74 Å². The van der Waals surface area contributed by atoms with Crippen LogP contribution in [0.4, 0.5) is 0 Å². The van der Waals surface area contributed by atoms with Gasteiger partial charge in [-0.15, -0.1) is 0 Å². The number of allylic oxidation sites excluding steroid dienone is 2. The van der Waals surface area contributed by atoms with Gasteiger partial charge in [-0.05, 0) is 38.5 Å². The molecule has 2 heteroatoms. The van der Waals surface area contributed by atoms with Crippen molar-refractivity contribution in [3.05, 3.63) is 12.2 Å². The van der Waals surface area contributed by atoms with E-state index >= 15 is 0 Å². The summed E-state index contributed by atoms with van der Waals surface area (Å²) in [4.78, 5) is 11.2. The Morgan fingerprint density at radius 2 is 1.17 bits per heavy atom. The molecule has 0 saturated heterocycles. The van der Waals surface area contributed by atoms with Crippen molar-refractivity contribution in [3.8, 4) is 0 Å². The minimum Gasteiger partial charge on any atom is -0.466 e. The lowest BCUT2D eigenvalue weighted by molar-refractivity contribution is -0.143. The van der Waals surface area contributed by atoms with E-state index in [1.807, 2.05) is 6.92 Å². The third-order valence-electron chi connectivity index (χ3n) is 4.37. The van der Waals surface area contributed by atoms with Gasteiger partial charge in [-0.1, -0.05) is 83.8 Å². The molecule has 0 fully saturated rings. The molecule has 142 valence electrons. The van der Waals surface area contributed by atoms with Gasteiger partial charge in [0.05, 0.1) is 6.61 Å². The number of hydrogen-bond donors (Lipinski definition) is 0. The fourth-order valence-corrected chi connectivity index (χ4v) is 2.81. The minimum atomic E-state index is -0.0368. The summed E-state index contributed by atoms with van der Waals surface area (Å²) in [5.41, 5.74) is 0. The predicted octanol–water partition coefficient (Wildman–Crippen LogP) is 7.37. The number of unbranched alkanes of at least 4 members (excludes halogenated alkanes) is 12. The molecule has 0 aromatic rings. The molecule has 0 aliphatic carbocycles. The molecule has 0 N–H and O–H groups in total. The first kappa shape index (κ1) is 23.2. The molecule has 0 unspecified atom stereocenters. The quantitative estimate of drug-likeness (QED) is 0.148. The summed E-state index contributed by atoms with van der Waals surface area (Å²) in [6.07, 6.45) is 24.5. The number of hydrogen-bond acceptors (Lipinski definition) is 2. The Bertz CT molecular complexity index is 284. The van der Waals surface area contributed by atoms with Crippen molar-refractivity contribution in [1.82, 2.24) is 0 Å². The van der Waals surface area contributed by atoms with E-state index < -0.39 is 0 Å². The molecule has 0 amide bonds. The van der Waals surface area contributed by atoms with Crippen molar-refractivity contribution in [2.24, 2.45) is 0 Å². The topological polar surface area (TPSA) is 26.3 Å². The van der Waals surface area contributed by atoms with Crippen LogP contribution >= 0.6 is 0 Å². The second-order valence-electron chi connectivity index (χ2n) is 6.91. The Labute approximate surface area is 151 Å². The van der Waals surface area contributed by atoms with Crippen LogP contribution < -0.4 is 0 Å². The predicted molar refractivity (Wildman–Crippen MR) is 105 cm³/mol. The molecule has 0 rings (SSSR count). The third-order valence-corrected chi connectivity index (χ3v) is 4.37. The van der Waals surface area contributed by atoms with E-state index in [-0.39, 0.29) is 5.97 Å². The van der Waals surface area contributed by atoms with Crippen LogP contribution in [0.5, 0.6) is 0 Å². The summed E-state index contributed by atoms with van der Waals surface area (Å²) in [6.45, 7) is 4.89. The molecule has 0 saturated carbocycles. The second-order valence-corrected chi connectivity index (χ2v) is 6.91. The Hall–Kier alpha value is -0.790. The van der Waals surface area contributed by atoms with Crippen LogP contribution in [-0.4, -0.2) is 12.6 Å². The largest absolute Gasteiger partial charge is 0.466 e. The zero-order valence-electron chi connectivity index (χ0n) is 16.5. The lowest BCUT2D eigenvalue weighted by Gasteiger charge is -2.03. The molecule has 0 heterocycles. The molecule has 0 aliphatic heterocycles. The first-order chi connectivity index (χ1) is 11.8. The highest BCUT2D eigenvalue weighted by Crippen LogP contribution is 2.10. The Morgan fingerprint density at radius 1 is 0.667 bits per heavy atom. The fourth-order valence-electron chi connectivity index (χ4n) is 2.81. The molecule has 0 aromatic heterocycles. The second kappa shape index (κ2) is 20.3. The maximum absolute atomic E-state index is 11.2. The van der Waals surface area contributed by atoms with E-state index in [9.17, 15) is 4.79 Å². The van der Waals surface area contributed by atoms with Crippen molar-refractivity contribution < 1.29 is 9.53 Å². The number of carbonyl (C=O) groups excluding carboxylic acids is 1. The molecular formula is C22H42O2. The Kier molecular flexibility index (Phi) is 19.6. The van der Waals surface area contributed by atoms with E-state index in [0.29, 0.717) is 13.0 Å². The van der Waals surface area contributed by atoms with Gasteiger partial charge in [0, 0.05) is 6.42 Å². The molecule has 0 atom stereocenters. The number of esters is 1. The van der Waals surface area contributed by atoms with Gasteiger partial charge < -0.3 is 4.74 Å². The molecule has 2 nitrogen and oxygen atoms in total. The van der Waals surface area contributed by atoms with Crippen molar-refractivity contribution in [2.45, 2.75) is 117 Å². The highest BCUT2D eigenvalue weighted by atomic mass is 16.5. The van der Waals surface area contributed by atoms with Crippen molar-refractivity contribution in [3.63, 3.8) is 0 Å². The lowest BCUT2D eigenvalue weighted by Crippen LogP contribution is -2.04. The summed E-state index contributed by atoms with van der Waals surface area (Å²) in [6, 6.07) is 0. The highest BCUT2D eigenvalue weighted by Gasteiger charge is 1.99. The maximum Gasteiger partial charge on any atom is 0.305 e. The Balaban J connectivity index is 3.11. The summed E-state index contributed by atoms with van der Waals surface area (Å²) < 4.78 is 5.15. The van der Waals surface area contributed by atoms with Crippen LogP contribution in [0.1, 0.15) is 117 Å². The monoisotopic (exact) mass is 338 g/mol. The molecular weight excluding hydrogens is 296 g/mol. The van der Waals surface area contributed by atoms with Crippen LogP contribution in [0.2, 0.25) is 0 Å². The summed E-state index contributed by atoms with van der Waals surface area (Å²) >= 11 is 0. The summed E-state index contributed by atoms with van der Waals surface area (Å²) in [7, 11) is 0. The van der Waals surface area contributed by atoms with Crippen LogP contribution in [0.25, 0.3) is 0 Å². The van der Waals surface area contributed by atoms with Gasteiger partial charge in [0.2, 0.25) is 0 Å². The number of rotatable bonds is 18. The Morgan fingerprint density at radius 3 is 1.71 bits per heavy atom. The van der Waals surface area contributed by atoms with Gasteiger partial charge >= 0.3 is 5.97 Å². The standard InChI is InChI=1S/C22H42O2/c1-3-5-6-7-8-9-10-11-12-13-14-15-16-17-18-19-21-24-22(23)20-4-2/h11-12H,3-10,13-21H2,1-2H3/b12-11+. The van der Waals surface area contributed by atoms with Crippen LogP contribution in [0.3, 0.4) is 0 Å². The van der Waals surface area contributed by atoms with E-state index in [1.54, 1.807) is 0 Å². The summed E-state index contributed by atoms with van der Waals surface area (Å²) in [5, 5.41) is 0. The van der Waals surface area contributed by atoms with Gasteiger partial charge in [-0.3, -0.25) is 4.79 Å². The van der Waals surface area contributed by atoms with Crippen molar-refractivity contribution in [2.75, 3.05) is 6.61 Å². The molecule has 0 spiro atoms. The minimum absolute atomic E-state index is 0.0368. The van der Waals surface area contributed by atoms with Gasteiger partial charge in [-0.25, -0.2) is 0 Å². The lowest BCUT2D eigenvalue weighted by atomic mass is 10.1. The van der Waals surface area contributed by atoms with Gasteiger partial charge in [-0.2, -0.15) is 0 Å². The molecule has 0 aliphatic rings. The highest BCUT2D eigenvalue weighted by molar-refractivity contribution is 5.69. The van der Waals surface area contributed by atoms with Crippen molar-refractivity contribution >= 4 is 5.97 Å². The van der Waals surface area contributed by atoms with Gasteiger partial charge in [0.15, 0.2) is 0 Å². The van der Waals surface area contributed by atoms with Crippen LogP contribution in [-0.2, 0) is 9.53 Å². The number of carbonyl (C=O) groups is 1. The number of ether oxygens (including phenoxy) is 1. The van der Waals surface area contributed by atoms with E-state index in [0.717, 1.165) is 12.8 Å². The first-order valence-electron chi connectivity index (χ1n) is 10.6. The van der Waals surface area contributed by atoms with Crippen LogP contribution in [0, 0.1) is 0 Å². The molecule has 0 bridgehead atoms. The zero-order valence-corrected chi connectivity index (χ0v) is 16.5. The first-order valence-corrected chi connectivity index (χ1v) is 10.6. The smallest absolute Gasteiger partial charge is 0.305 e. The SMILES string of the molecule is CCCCCCCC/C=C/CCCCCCCCOC(=O)CCC. The van der Waals surface area contributed by atoms with Gasteiger partial charge in [0.25, 0.3) is 0 Å². The van der Waals surface area contributed by atoms with E-state index in [2.05, 4.69) is 19.1 Å². The maximum atomic E-state index is 11.2. The third kappa shape index (κ3) is 19.3. The zero-order chi connectivity index (χ0) is 17.7. The average Bonchev–Trinajstić information content (AvgIpc) is 2.58. The van der Waals surface area contributed by atoms with E-state index in [1.165, 1.54) is 83.5 Å². The molecule has 24 heavy (non-hydrogen) atoms. The van der Waals surface area contributed by atoms with Crippen molar-refractivity contribution in [1.29, 1.82) is 0 Å². The average molecular weight is 339 g/mol. The normalized spacial score (nSPS) is 11.2. The fraction of sp³-hybridized carbons (Fsp3) is 0.864. The summed E-state index contributed by atoms with van der Waals surface area (Å²) in [5.74, 6) is -0.0368. The van der Waals surface area contributed by atoms with Crippen LogP contribution in [0.15, 0.2) is 12.2 Å².